The highest BCUT2D eigenvalue weighted by Gasteiger charge is 2.16. The summed E-state index contributed by atoms with van der Waals surface area (Å²) in [7, 11) is 0. The first-order valence-electron chi connectivity index (χ1n) is 6.24. The van der Waals surface area contributed by atoms with E-state index in [2.05, 4.69) is 5.32 Å². The molecule has 2 heteroatoms. The molecule has 0 aliphatic heterocycles. The molecule has 1 atom stereocenters. The molecule has 1 aromatic carbocycles. The molecule has 16 heavy (non-hydrogen) atoms. The van der Waals surface area contributed by atoms with Crippen molar-refractivity contribution >= 4 is 0 Å². The number of aryl methyl sites for hydroxylation is 1. The lowest BCUT2D eigenvalue weighted by Gasteiger charge is -2.17. The Hall–Kier alpha value is -0.860. The van der Waals surface area contributed by atoms with Crippen LogP contribution in [0.4, 0.5) is 0 Å². The van der Waals surface area contributed by atoms with Crippen LogP contribution in [0.1, 0.15) is 42.9 Å². The number of aliphatic hydroxyl groups excluding tert-OH is 1. The number of rotatable bonds is 4. The van der Waals surface area contributed by atoms with Crippen LogP contribution in [0.2, 0.25) is 0 Å². The molecule has 0 saturated heterocycles. The van der Waals surface area contributed by atoms with Gasteiger partial charge in [0.05, 0.1) is 6.10 Å². The Labute approximate surface area is 97.7 Å². The van der Waals surface area contributed by atoms with Crippen LogP contribution >= 0.6 is 0 Å². The Morgan fingerprint density at radius 3 is 2.69 bits per heavy atom. The van der Waals surface area contributed by atoms with E-state index in [1.807, 2.05) is 31.2 Å². The average molecular weight is 219 g/mol. The molecular formula is C14H21NO. The summed E-state index contributed by atoms with van der Waals surface area (Å²) in [5, 5.41) is 13.6. The smallest absolute Gasteiger partial charge is 0.0917 e. The van der Waals surface area contributed by atoms with Crippen LogP contribution in [-0.4, -0.2) is 17.7 Å². The van der Waals surface area contributed by atoms with Crippen molar-refractivity contribution in [2.75, 3.05) is 6.54 Å². The molecule has 0 heterocycles. The summed E-state index contributed by atoms with van der Waals surface area (Å²) in [5.41, 5.74) is 2.22. The summed E-state index contributed by atoms with van der Waals surface area (Å²) in [4.78, 5) is 0. The zero-order chi connectivity index (χ0) is 11.4. The van der Waals surface area contributed by atoms with Crippen molar-refractivity contribution in [1.29, 1.82) is 0 Å². The van der Waals surface area contributed by atoms with Crippen molar-refractivity contribution in [1.82, 2.24) is 5.32 Å². The number of hydrogen-bond donors (Lipinski definition) is 2. The maximum atomic E-state index is 10.1. The zero-order valence-corrected chi connectivity index (χ0v) is 9.95. The van der Waals surface area contributed by atoms with E-state index in [4.69, 9.17) is 0 Å². The van der Waals surface area contributed by atoms with Crippen LogP contribution in [0.25, 0.3) is 0 Å². The molecule has 0 radical (unpaired) electrons. The maximum Gasteiger partial charge on any atom is 0.0917 e. The molecule has 1 aliphatic rings. The van der Waals surface area contributed by atoms with E-state index in [-0.39, 0.29) is 6.10 Å². The van der Waals surface area contributed by atoms with E-state index >= 15 is 0 Å². The fourth-order valence-electron chi connectivity index (χ4n) is 2.48. The summed E-state index contributed by atoms with van der Waals surface area (Å²) in [5.74, 6) is 0. The van der Waals surface area contributed by atoms with Gasteiger partial charge in [-0.25, -0.2) is 0 Å². The first-order valence-corrected chi connectivity index (χ1v) is 6.24. The predicted molar refractivity (Wildman–Crippen MR) is 66.4 cm³/mol. The molecule has 1 fully saturated rings. The number of hydrogen-bond acceptors (Lipinski definition) is 2. The molecule has 0 amide bonds. The van der Waals surface area contributed by atoms with E-state index in [0.717, 1.165) is 5.56 Å². The van der Waals surface area contributed by atoms with E-state index in [1.54, 1.807) is 0 Å². The van der Waals surface area contributed by atoms with E-state index in [9.17, 15) is 5.11 Å². The van der Waals surface area contributed by atoms with Gasteiger partial charge in [0.15, 0.2) is 0 Å². The van der Waals surface area contributed by atoms with E-state index in [1.165, 1.54) is 31.2 Å². The standard InChI is InChI=1S/C14H21NO/c1-11-6-2-5-9-13(11)14(16)10-15-12-7-3-4-8-12/h2,5-6,9,12,14-16H,3-4,7-8,10H2,1H3. The Kier molecular flexibility index (Phi) is 3.97. The van der Waals surface area contributed by atoms with Gasteiger partial charge in [-0.1, -0.05) is 37.1 Å². The Morgan fingerprint density at radius 1 is 1.31 bits per heavy atom. The van der Waals surface area contributed by atoms with Gasteiger partial charge in [0.25, 0.3) is 0 Å². The number of aliphatic hydroxyl groups is 1. The van der Waals surface area contributed by atoms with Crippen LogP contribution in [0.5, 0.6) is 0 Å². The van der Waals surface area contributed by atoms with Gasteiger partial charge in [-0.15, -0.1) is 0 Å². The van der Waals surface area contributed by atoms with Gasteiger partial charge >= 0.3 is 0 Å². The molecule has 2 rings (SSSR count). The quantitative estimate of drug-likeness (QED) is 0.815. The molecule has 0 aromatic heterocycles. The summed E-state index contributed by atoms with van der Waals surface area (Å²) in [6.07, 6.45) is 4.82. The molecule has 88 valence electrons. The number of benzene rings is 1. The first kappa shape index (κ1) is 11.6. The molecule has 1 aliphatic carbocycles. The van der Waals surface area contributed by atoms with Gasteiger partial charge in [0, 0.05) is 12.6 Å². The van der Waals surface area contributed by atoms with Crippen LogP contribution in [-0.2, 0) is 0 Å². The highest BCUT2D eigenvalue weighted by atomic mass is 16.3. The van der Waals surface area contributed by atoms with Gasteiger partial charge in [-0.05, 0) is 30.9 Å². The minimum absolute atomic E-state index is 0.373. The monoisotopic (exact) mass is 219 g/mol. The summed E-state index contributed by atoms with van der Waals surface area (Å²) in [6.45, 7) is 2.73. The molecule has 1 unspecified atom stereocenters. The van der Waals surface area contributed by atoms with Crippen molar-refractivity contribution in [3.05, 3.63) is 35.4 Å². The fraction of sp³-hybridized carbons (Fsp3) is 0.571. The average Bonchev–Trinajstić information content (AvgIpc) is 2.79. The molecular weight excluding hydrogens is 198 g/mol. The minimum atomic E-state index is -0.373. The van der Waals surface area contributed by atoms with E-state index < -0.39 is 0 Å². The predicted octanol–water partition coefficient (Wildman–Crippen LogP) is 2.56. The van der Waals surface area contributed by atoms with Crippen LogP contribution in [0.15, 0.2) is 24.3 Å². The highest BCUT2D eigenvalue weighted by molar-refractivity contribution is 5.27. The lowest BCUT2D eigenvalue weighted by Crippen LogP contribution is -2.30. The van der Waals surface area contributed by atoms with E-state index in [0.29, 0.717) is 12.6 Å². The van der Waals surface area contributed by atoms with Gasteiger partial charge in [-0.3, -0.25) is 0 Å². The zero-order valence-electron chi connectivity index (χ0n) is 9.95. The lowest BCUT2D eigenvalue weighted by atomic mass is 10.0. The first-order chi connectivity index (χ1) is 7.77. The molecule has 1 saturated carbocycles. The topological polar surface area (TPSA) is 32.3 Å². The second kappa shape index (κ2) is 5.46. The molecule has 0 bridgehead atoms. The number of nitrogens with one attached hydrogen (secondary N) is 1. The second-order valence-electron chi connectivity index (χ2n) is 4.76. The fourth-order valence-corrected chi connectivity index (χ4v) is 2.48. The van der Waals surface area contributed by atoms with Crippen molar-refractivity contribution in [2.45, 2.75) is 44.8 Å². The maximum absolute atomic E-state index is 10.1. The largest absolute Gasteiger partial charge is 0.387 e. The van der Waals surface area contributed by atoms with Crippen LogP contribution in [0, 0.1) is 6.92 Å². The summed E-state index contributed by atoms with van der Waals surface area (Å²) < 4.78 is 0. The van der Waals surface area contributed by atoms with Crippen molar-refractivity contribution in [3.8, 4) is 0 Å². The Bertz CT molecular complexity index is 331. The van der Waals surface area contributed by atoms with Crippen LogP contribution in [0.3, 0.4) is 0 Å². The molecule has 2 nitrogen and oxygen atoms in total. The molecule has 1 aromatic rings. The SMILES string of the molecule is Cc1ccccc1C(O)CNC1CCCC1. The van der Waals surface area contributed by atoms with Gasteiger partial charge in [-0.2, -0.15) is 0 Å². The summed E-state index contributed by atoms with van der Waals surface area (Å²) >= 11 is 0. The third kappa shape index (κ3) is 2.83. The normalized spacial score (nSPS) is 18.9. The lowest BCUT2D eigenvalue weighted by molar-refractivity contribution is 0.169. The summed E-state index contributed by atoms with van der Waals surface area (Å²) in [6, 6.07) is 8.68. The third-order valence-corrected chi connectivity index (χ3v) is 3.50. The molecule has 2 N–H and O–H groups in total. The van der Waals surface area contributed by atoms with Gasteiger partial charge < -0.3 is 10.4 Å². The third-order valence-electron chi connectivity index (χ3n) is 3.50. The van der Waals surface area contributed by atoms with Crippen molar-refractivity contribution in [3.63, 3.8) is 0 Å². The van der Waals surface area contributed by atoms with Crippen molar-refractivity contribution in [2.24, 2.45) is 0 Å². The van der Waals surface area contributed by atoms with Crippen LogP contribution < -0.4 is 5.32 Å². The Morgan fingerprint density at radius 2 is 2.00 bits per heavy atom. The van der Waals surface area contributed by atoms with Gasteiger partial charge in [0.1, 0.15) is 0 Å². The van der Waals surface area contributed by atoms with Crippen molar-refractivity contribution < 1.29 is 5.11 Å². The second-order valence-corrected chi connectivity index (χ2v) is 4.76. The highest BCUT2D eigenvalue weighted by Crippen LogP contribution is 2.20. The van der Waals surface area contributed by atoms with Gasteiger partial charge in [0.2, 0.25) is 0 Å². The molecule has 0 spiro atoms. The minimum Gasteiger partial charge on any atom is -0.387 e. The Balaban J connectivity index is 1.87.